The molecule has 2 aromatic rings. The lowest BCUT2D eigenvalue weighted by atomic mass is 10.3. The molecular weight excluding hydrogens is 264 g/mol. The molecule has 6 nitrogen and oxygen atoms in total. The number of aromatic amines is 1. The van der Waals surface area contributed by atoms with E-state index in [1.165, 1.54) is 30.6 Å². The van der Waals surface area contributed by atoms with E-state index < -0.39 is 10.0 Å². The van der Waals surface area contributed by atoms with Gasteiger partial charge in [0.15, 0.2) is 0 Å². The zero-order valence-corrected chi connectivity index (χ0v) is 10.1. The Kier molecular flexibility index (Phi) is 2.95. The molecule has 0 aliphatic rings. The van der Waals surface area contributed by atoms with E-state index in [2.05, 4.69) is 14.7 Å². The Bertz CT molecular complexity index is 624. The van der Waals surface area contributed by atoms with Gasteiger partial charge in [0.1, 0.15) is 4.90 Å². The minimum absolute atomic E-state index is 0.0820. The molecule has 0 fully saturated rings. The number of nitrogens with zero attached hydrogens (tertiary/aromatic N) is 1. The summed E-state index contributed by atoms with van der Waals surface area (Å²) in [6.07, 6.45) is 2.93. The van der Waals surface area contributed by atoms with Crippen molar-refractivity contribution in [3.05, 3.63) is 35.6 Å². The first-order chi connectivity index (χ1) is 7.99. The maximum absolute atomic E-state index is 12.0. The van der Waals surface area contributed by atoms with Gasteiger partial charge in [0.25, 0.3) is 10.0 Å². The van der Waals surface area contributed by atoms with Crippen LogP contribution in [0.4, 0.5) is 11.6 Å². The first kappa shape index (κ1) is 11.7. The van der Waals surface area contributed by atoms with Crippen LogP contribution in [0.5, 0.6) is 0 Å². The van der Waals surface area contributed by atoms with Crippen LogP contribution in [-0.2, 0) is 10.0 Å². The topological polar surface area (TPSA) is 101 Å². The van der Waals surface area contributed by atoms with Crippen molar-refractivity contribution in [2.75, 3.05) is 10.5 Å². The lowest BCUT2D eigenvalue weighted by Gasteiger charge is -2.08. The van der Waals surface area contributed by atoms with Gasteiger partial charge in [-0.3, -0.25) is 0 Å². The maximum atomic E-state index is 12.0. The molecule has 0 aliphatic heterocycles. The number of H-pyrrole nitrogens is 1. The number of rotatable bonds is 3. The lowest BCUT2D eigenvalue weighted by Crippen LogP contribution is -2.15. The molecule has 4 N–H and O–H groups in total. The third kappa shape index (κ3) is 2.51. The number of sulfonamides is 1. The minimum Gasteiger partial charge on any atom is -0.398 e. The van der Waals surface area contributed by atoms with E-state index in [1.807, 2.05) is 0 Å². The van der Waals surface area contributed by atoms with Gasteiger partial charge < -0.3 is 10.7 Å². The van der Waals surface area contributed by atoms with Gasteiger partial charge in [0.05, 0.1) is 5.69 Å². The molecule has 0 saturated heterocycles. The van der Waals surface area contributed by atoms with Gasteiger partial charge in [-0.25, -0.2) is 18.1 Å². The Morgan fingerprint density at radius 2 is 2.18 bits per heavy atom. The monoisotopic (exact) mass is 272 g/mol. The molecule has 17 heavy (non-hydrogen) atoms. The zero-order valence-electron chi connectivity index (χ0n) is 8.51. The van der Waals surface area contributed by atoms with Crippen LogP contribution in [0.15, 0.2) is 35.5 Å². The summed E-state index contributed by atoms with van der Waals surface area (Å²) >= 11 is 5.73. The van der Waals surface area contributed by atoms with E-state index in [1.54, 1.807) is 0 Å². The Morgan fingerprint density at radius 1 is 1.41 bits per heavy atom. The fraction of sp³-hybridized carbons (Fsp3) is 0. The van der Waals surface area contributed by atoms with Crippen molar-refractivity contribution in [2.45, 2.75) is 4.90 Å². The van der Waals surface area contributed by atoms with Gasteiger partial charge in [-0.1, -0.05) is 11.6 Å². The van der Waals surface area contributed by atoms with Gasteiger partial charge in [-0.05, 0) is 18.2 Å². The molecule has 0 saturated carbocycles. The first-order valence-corrected chi connectivity index (χ1v) is 6.42. The number of anilines is 2. The van der Waals surface area contributed by atoms with Gasteiger partial charge in [-0.2, -0.15) is 0 Å². The molecule has 0 radical (unpaired) electrons. The van der Waals surface area contributed by atoms with Crippen molar-refractivity contribution in [3.63, 3.8) is 0 Å². The second-order valence-corrected chi connectivity index (χ2v) is 5.31. The number of nitrogen functional groups attached to an aromatic ring is 1. The molecule has 0 aliphatic carbocycles. The molecule has 0 unspecified atom stereocenters. The Morgan fingerprint density at radius 3 is 2.82 bits per heavy atom. The highest BCUT2D eigenvalue weighted by Crippen LogP contribution is 2.23. The van der Waals surface area contributed by atoms with Crippen molar-refractivity contribution < 1.29 is 8.42 Å². The van der Waals surface area contributed by atoms with E-state index in [9.17, 15) is 8.42 Å². The van der Waals surface area contributed by atoms with Crippen LogP contribution in [0, 0.1) is 0 Å². The van der Waals surface area contributed by atoms with E-state index >= 15 is 0 Å². The molecule has 1 aromatic carbocycles. The van der Waals surface area contributed by atoms with Crippen LogP contribution in [0.25, 0.3) is 0 Å². The van der Waals surface area contributed by atoms with Crippen molar-refractivity contribution >= 4 is 33.3 Å². The summed E-state index contributed by atoms with van der Waals surface area (Å²) < 4.78 is 26.2. The van der Waals surface area contributed by atoms with Crippen molar-refractivity contribution in [3.8, 4) is 0 Å². The summed E-state index contributed by atoms with van der Waals surface area (Å²) in [7, 11) is -3.79. The summed E-state index contributed by atoms with van der Waals surface area (Å²) in [6.45, 7) is 0. The summed E-state index contributed by atoms with van der Waals surface area (Å²) in [4.78, 5) is 6.30. The number of nitrogens with one attached hydrogen (secondary N) is 2. The SMILES string of the molecule is Nc1ccc(Cl)cc1S(=O)(=O)Nc1ncc[nH]1. The van der Waals surface area contributed by atoms with Crippen LogP contribution in [0.2, 0.25) is 5.02 Å². The molecule has 90 valence electrons. The quantitative estimate of drug-likeness (QED) is 0.736. The van der Waals surface area contributed by atoms with Crippen LogP contribution >= 0.6 is 11.6 Å². The number of hydrogen-bond acceptors (Lipinski definition) is 4. The molecule has 0 bridgehead atoms. The second kappa shape index (κ2) is 4.27. The number of aromatic nitrogens is 2. The van der Waals surface area contributed by atoms with Crippen LogP contribution in [0.3, 0.4) is 0 Å². The van der Waals surface area contributed by atoms with Crippen molar-refractivity contribution in [1.82, 2.24) is 9.97 Å². The number of imidazole rings is 1. The Labute approximate surface area is 103 Å². The molecule has 1 aromatic heterocycles. The van der Waals surface area contributed by atoms with Crippen molar-refractivity contribution in [2.24, 2.45) is 0 Å². The highest BCUT2D eigenvalue weighted by Gasteiger charge is 2.18. The highest BCUT2D eigenvalue weighted by molar-refractivity contribution is 7.92. The van der Waals surface area contributed by atoms with Crippen LogP contribution in [0.1, 0.15) is 0 Å². The smallest absolute Gasteiger partial charge is 0.266 e. The second-order valence-electron chi connectivity index (χ2n) is 3.23. The average Bonchev–Trinajstić information content (AvgIpc) is 2.73. The standard InChI is InChI=1S/C9H9ClN4O2S/c10-6-1-2-7(11)8(5-6)17(15,16)14-9-12-3-4-13-9/h1-5H,11H2,(H2,12,13,14). The predicted octanol–water partition coefficient (Wildman–Crippen LogP) is 1.45. The lowest BCUT2D eigenvalue weighted by molar-refractivity contribution is 0.601. The third-order valence-electron chi connectivity index (χ3n) is 1.99. The Balaban J connectivity index is 2.41. The number of halogens is 1. The van der Waals surface area contributed by atoms with Crippen LogP contribution < -0.4 is 10.5 Å². The predicted molar refractivity (Wildman–Crippen MR) is 65.3 cm³/mol. The summed E-state index contributed by atoms with van der Waals surface area (Å²) in [5, 5.41) is 0.291. The third-order valence-corrected chi connectivity index (χ3v) is 3.62. The van der Waals surface area contributed by atoms with E-state index in [0.717, 1.165) is 0 Å². The van der Waals surface area contributed by atoms with Gasteiger partial charge in [-0.15, -0.1) is 0 Å². The average molecular weight is 273 g/mol. The van der Waals surface area contributed by atoms with Gasteiger partial charge >= 0.3 is 0 Å². The van der Waals surface area contributed by atoms with Gasteiger partial charge in [0, 0.05) is 17.4 Å². The molecular formula is C9H9ClN4O2S. The van der Waals surface area contributed by atoms with E-state index in [-0.39, 0.29) is 16.5 Å². The largest absolute Gasteiger partial charge is 0.398 e. The molecule has 0 atom stereocenters. The summed E-state index contributed by atoms with van der Waals surface area (Å²) in [6, 6.07) is 4.23. The molecule has 2 rings (SSSR count). The van der Waals surface area contributed by atoms with Crippen LogP contribution in [-0.4, -0.2) is 18.4 Å². The van der Waals surface area contributed by atoms with Crippen molar-refractivity contribution in [1.29, 1.82) is 0 Å². The molecule has 8 heteroatoms. The normalized spacial score (nSPS) is 11.4. The fourth-order valence-corrected chi connectivity index (χ4v) is 2.62. The summed E-state index contributed by atoms with van der Waals surface area (Å²) in [5.41, 5.74) is 5.72. The van der Waals surface area contributed by atoms with E-state index in [4.69, 9.17) is 17.3 Å². The molecule has 0 amide bonds. The zero-order chi connectivity index (χ0) is 12.5. The molecule has 0 spiro atoms. The number of benzene rings is 1. The van der Waals surface area contributed by atoms with E-state index in [0.29, 0.717) is 5.02 Å². The highest BCUT2D eigenvalue weighted by atomic mass is 35.5. The first-order valence-electron chi connectivity index (χ1n) is 4.56. The number of nitrogens with two attached hydrogens (primary N) is 1. The number of hydrogen-bond donors (Lipinski definition) is 3. The summed E-state index contributed by atoms with van der Waals surface area (Å²) in [5.74, 6) is 0.115. The minimum atomic E-state index is -3.79. The molecule has 1 heterocycles. The Hall–Kier alpha value is -1.73. The fourth-order valence-electron chi connectivity index (χ4n) is 1.24. The maximum Gasteiger partial charge on any atom is 0.266 e. The van der Waals surface area contributed by atoms with Gasteiger partial charge in [0.2, 0.25) is 5.95 Å².